The Kier molecular flexibility index (Phi) is 3.07. The molecule has 0 spiro atoms. The van der Waals surface area contributed by atoms with Crippen LogP contribution >= 0.6 is 0 Å². The van der Waals surface area contributed by atoms with Crippen molar-refractivity contribution in [2.45, 2.75) is 10.6 Å². The first kappa shape index (κ1) is 10.6. The number of hydrogen-bond acceptors (Lipinski definition) is 0. The van der Waals surface area contributed by atoms with Crippen LogP contribution in [-0.4, -0.2) is 0 Å². The monoisotopic (exact) mass is 282 g/mol. The van der Waals surface area contributed by atoms with Crippen molar-refractivity contribution in [1.82, 2.24) is 0 Å². The number of rotatable bonds is 2. The van der Waals surface area contributed by atoms with E-state index >= 15 is 0 Å². The second-order valence-corrected chi connectivity index (χ2v) is 12.8. The third kappa shape index (κ3) is 2.21. The molecular weight excluding hydrogens is 264 g/mol. The fraction of sp³-hybridized carbons (Fsp3) is 0.143. The van der Waals surface area contributed by atoms with Crippen LogP contribution in [0.2, 0.25) is 10.6 Å². The van der Waals surface area contributed by atoms with Crippen molar-refractivity contribution in [1.29, 1.82) is 0 Å². The first-order chi connectivity index (χ1) is 7.21. The van der Waals surface area contributed by atoms with E-state index in [4.69, 9.17) is 0 Å². The van der Waals surface area contributed by atoms with Gasteiger partial charge in [0, 0.05) is 0 Å². The van der Waals surface area contributed by atoms with E-state index in [2.05, 4.69) is 71.3 Å². The Morgan fingerprint density at radius 2 is 0.933 bits per heavy atom. The molecule has 0 amide bonds. The van der Waals surface area contributed by atoms with E-state index in [9.17, 15) is 0 Å². The van der Waals surface area contributed by atoms with Gasteiger partial charge in [-0.15, -0.1) is 0 Å². The molecule has 0 radical (unpaired) electrons. The summed E-state index contributed by atoms with van der Waals surface area (Å²) in [7, 11) is 0. The van der Waals surface area contributed by atoms with E-state index in [0.717, 1.165) is 0 Å². The molecule has 0 unspecified atom stereocenters. The van der Waals surface area contributed by atoms with Crippen LogP contribution in [0.1, 0.15) is 0 Å². The first-order valence-electron chi connectivity index (χ1n) is 5.05. The van der Waals surface area contributed by atoms with Gasteiger partial charge in [0.15, 0.2) is 0 Å². The van der Waals surface area contributed by atoms with Crippen molar-refractivity contribution in [3.8, 4) is 0 Å². The van der Waals surface area contributed by atoms with Gasteiger partial charge in [-0.1, -0.05) is 0 Å². The average Bonchev–Trinajstić information content (AvgIpc) is 2.31. The van der Waals surface area contributed by atoms with Crippen LogP contribution in [-0.2, 0) is 16.1 Å². The van der Waals surface area contributed by atoms with Gasteiger partial charge in [0.1, 0.15) is 0 Å². The summed E-state index contributed by atoms with van der Waals surface area (Å²) in [5.41, 5.74) is 0. The molecule has 0 N–H and O–H groups in total. The normalized spacial score (nSPS) is 12.4. The Bertz CT molecular complexity index is 376. The molecular formula is C14H16Mo. The topological polar surface area (TPSA) is 0 Å². The molecule has 0 heterocycles. The second-order valence-electron chi connectivity index (χ2n) is 3.95. The zero-order chi connectivity index (χ0) is 10.7. The Balaban J connectivity index is 2.44. The van der Waals surface area contributed by atoms with E-state index < -0.39 is 16.1 Å². The van der Waals surface area contributed by atoms with Crippen molar-refractivity contribution in [2.24, 2.45) is 0 Å². The molecule has 0 saturated carbocycles. The predicted octanol–water partition coefficient (Wildman–Crippen LogP) is 2.89. The first-order valence-corrected chi connectivity index (χ1v) is 11.1. The van der Waals surface area contributed by atoms with Gasteiger partial charge in [-0.2, -0.15) is 0 Å². The van der Waals surface area contributed by atoms with Crippen LogP contribution in [0.15, 0.2) is 60.7 Å². The molecule has 78 valence electrons. The zero-order valence-corrected chi connectivity index (χ0v) is 11.2. The van der Waals surface area contributed by atoms with Gasteiger partial charge in [-0.05, 0) is 0 Å². The van der Waals surface area contributed by atoms with Crippen LogP contribution in [0.5, 0.6) is 0 Å². The fourth-order valence-electron chi connectivity index (χ4n) is 1.66. The van der Waals surface area contributed by atoms with Crippen molar-refractivity contribution in [2.75, 3.05) is 0 Å². The van der Waals surface area contributed by atoms with E-state index in [0.29, 0.717) is 0 Å². The molecule has 0 aliphatic carbocycles. The van der Waals surface area contributed by atoms with E-state index in [1.165, 1.54) is 0 Å². The van der Waals surface area contributed by atoms with Crippen molar-refractivity contribution in [3.63, 3.8) is 0 Å². The summed E-state index contributed by atoms with van der Waals surface area (Å²) < 4.78 is 3.10. The SMILES string of the molecule is [CH3][Mo]([CH3])([c]1ccccc1)[c]1ccccc1. The molecule has 2 rings (SSSR count). The molecule has 0 fully saturated rings. The summed E-state index contributed by atoms with van der Waals surface area (Å²) in [6.45, 7) is 0. The summed E-state index contributed by atoms with van der Waals surface area (Å²) in [5.74, 6) is 0. The van der Waals surface area contributed by atoms with Gasteiger partial charge < -0.3 is 0 Å². The third-order valence-corrected chi connectivity index (χ3v) is 9.80. The van der Waals surface area contributed by atoms with Gasteiger partial charge in [0.2, 0.25) is 0 Å². The van der Waals surface area contributed by atoms with Gasteiger partial charge in [-0.25, -0.2) is 0 Å². The van der Waals surface area contributed by atoms with E-state index in [1.807, 2.05) is 0 Å². The van der Waals surface area contributed by atoms with E-state index in [1.54, 1.807) is 7.91 Å². The molecule has 2 aromatic rings. The predicted molar refractivity (Wildman–Crippen MR) is 63.9 cm³/mol. The maximum atomic E-state index is 2.45. The molecule has 0 aliphatic heterocycles. The Labute approximate surface area is 95.2 Å². The van der Waals surface area contributed by atoms with Crippen LogP contribution in [0, 0.1) is 0 Å². The van der Waals surface area contributed by atoms with Gasteiger partial charge in [0.05, 0.1) is 0 Å². The van der Waals surface area contributed by atoms with E-state index in [-0.39, 0.29) is 0 Å². The quantitative estimate of drug-likeness (QED) is 0.742. The molecule has 0 atom stereocenters. The standard InChI is InChI=1S/2C6H5.2CH3.Mo/c2*1-2-4-6-5-3-1;;;/h2*1-5H;2*1H3;. The summed E-state index contributed by atoms with van der Waals surface area (Å²) >= 11 is -2.02. The summed E-state index contributed by atoms with van der Waals surface area (Å²) in [5, 5.41) is 4.90. The fourth-order valence-corrected chi connectivity index (χ4v) is 6.44. The Morgan fingerprint density at radius 3 is 1.27 bits per heavy atom. The molecule has 0 aromatic heterocycles. The van der Waals surface area contributed by atoms with Crippen LogP contribution < -0.4 is 7.91 Å². The summed E-state index contributed by atoms with van der Waals surface area (Å²) in [4.78, 5) is 0. The van der Waals surface area contributed by atoms with Crippen molar-refractivity contribution < 1.29 is 16.1 Å². The second kappa shape index (κ2) is 4.33. The van der Waals surface area contributed by atoms with Crippen molar-refractivity contribution in [3.05, 3.63) is 60.7 Å². The zero-order valence-electron chi connectivity index (χ0n) is 9.18. The molecule has 1 heteroatoms. The maximum absolute atomic E-state index is 2.45. The Hall–Kier alpha value is -0.872. The molecule has 0 nitrogen and oxygen atoms in total. The Morgan fingerprint density at radius 1 is 0.600 bits per heavy atom. The van der Waals surface area contributed by atoms with Gasteiger partial charge in [0.25, 0.3) is 0 Å². The number of benzene rings is 2. The van der Waals surface area contributed by atoms with Gasteiger partial charge in [-0.3, -0.25) is 0 Å². The van der Waals surface area contributed by atoms with Gasteiger partial charge >= 0.3 is 95.3 Å². The molecule has 0 bridgehead atoms. The molecule has 0 saturated heterocycles. The number of hydrogen-bond donors (Lipinski definition) is 0. The summed E-state index contributed by atoms with van der Waals surface area (Å²) in [6, 6.07) is 21.8. The van der Waals surface area contributed by atoms with Crippen LogP contribution in [0.4, 0.5) is 0 Å². The molecule has 2 aromatic carbocycles. The van der Waals surface area contributed by atoms with Crippen LogP contribution in [0.25, 0.3) is 0 Å². The van der Waals surface area contributed by atoms with Crippen molar-refractivity contribution >= 4 is 7.91 Å². The molecule has 15 heavy (non-hydrogen) atoms. The third-order valence-electron chi connectivity index (χ3n) is 2.66. The minimum atomic E-state index is -2.02. The minimum absolute atomic E-state index is 1.55. The van der Waals surface area contributed by atoms with Crippen LogP contribution in [0.3, 0.4) is 0 Å². The average molecular weight is 280 g/mol. The summed E-state index contributed by atoms with van der Waals surface area (Å²) in [6.07, 6.45) is 0. The molecule has 0 aliphatic rings.